The van der Waals surface area contributed by atoms with E-state index in [9.17, 15) is 14.0 Å². The van der Waals surface area contributed by atoms with E-state index in [1.165, 1.54) is 44.7 Å². The molecule has 25 heavy (non-hydrogen) atoms. The van der Waals surface area contributed by atoms with Crippen molar-refractivity contribution in [2.45, 2.75) is 11.7 Å². The Hall–Kier alpha value is -2.19. The first-order chi connectivity index (χ1) is 12.0. The Balaban J connectivity index is 1.67. The van der Waals surface area contributed by atoms with Gasteiger partial charge in [-0.15, -0.1) is 11.3 Å². The predicted molar refractivity (Wildman–Crippen MR) is 98.5 cm³/mol. The van der Waals surface area contributed by atoms with Gasteiger partial charge in [-0.2, -0.15) is 0 Å². The maximum Gasteiger partial charge on any atom is 0.271 e. The van der Waals surface area contributed by atoms with Gasteiger partial charge in [-0.05, 0) is 29.1 Å². The van der Waals surface area contributed by atoms with Crippen LogP contribution in [0.3, 0.4) is 0 Å². The highest BCUT2D eigenvalue weighted by Gasteiger charge is 2.14. The molecule has 1 aromatic carbocycles. The van der Waals surface area contributed by atoms with Gasteiger partial charge in [0.05, 0.1) is 11.3 Å². The number of rotatable bonds is 5. The number of nitrogens with zero attached hydrogens (tertiary/aromatic N) is 3. The number of halogens is 1. The van der Waals surface area contributed by atoms with Crippen LogP contribution in [0.4, 0.5) is 4.39 Å². The number of aromatic nitrogens is 2. The lowest BCUT2D eigenvalue weighted by atomic mass is 10.2. The number of hydrogen-bond donors (Lipinski definition) is 0. The molecule has 2 aromatic heterocycles. The van der Waals surface area contributed by atoms with Gasteiger partial charge in [0, 0.05) is 20.6 Å². The van der Waals surface area contributed by atoms with Crippen molar-refractivity contribution < 1.29 is 9.18 Å². The summed E-state index contributed by atoms with van der Waals surface area (Å²) in [5, 5.41) is 2.33. The van der Waals surface area contributed by atoms with Crippen molar-refractivity contribution in [3.05, 3.63) is 57.4 Å². The van der Waals surface area contributed by atoms with Gasteiger partial charge in [0.15, 0.2) is 5.16 Å². The molecule has 0 aliphatic heterocycles. The van der Waals surface area contributed by atoms with Gasteiger partial charge in [-0.3, -0.25) is 14.2 Å². The van der Waals surface area contributed by atoms with Gasteiger partial charge >= 0.3 is 0 Å². The highest BCUT2D eigenvalue weighted by atomic mass is 32.2. The zero-order valence-electron chi connectivity index (χ0n) is 13.7. The monoisotopic (exact) mass is 377 g/mol. The predicted octanol–water partition coefficient (Wildman–Crippen LogP) is 2.88. The van der Waals surface area contributed by atoms with E-state index in [2.05, 4.69) is 4.98 Å². The molecule has 0 atom stereocenters. The zero-order chi connectivity index (χ0) is 18.0. The van der Waals surface area contributed by atoms with E-state index in [-0.39, 0.29) is 23.0 Å². The number of thiophene rings is 1. The smallest absolute Gasteiger partial charge is 0.271 e. The first-order valence-corrected chi connectivity index (χ1v) is 9.37. The van der Waals surface area contributed by atoms with E-state index in [0.717, 1.165) is 5.56 Å². The summed E-state index contributed by atoms with van der Waals surface area (Å²) < 4.78 is 15.3. The summed E-state index contributed by atoms with van der Waals surface area (Å²) in [6.45, 7) is 0.326. The molecule has 0 radical (unpaired) electrons. The van der Waals surface area contributed by atoms with Crippen LogP contribution in [0.15, 0.2) is 45.7 Å². The van der Waals surface area contributed by atoms with Crippen molar-refractivity contribution in [3.8, 4) is 0 Å². The molecule has 0 spiro atoms. The summed E-state index contributed by atoms with van der Waals surface area (Å²) in [4.78, 5) is 30.5. The summed E-state index contributed by atoms with van der Waals surface area (Å²) in [6.07, 6.45) is 0. The fourth-order valence-electron chi connectivity index (χ4n) is 2.33. The van der Waals surface area contributed by atoms with E-state index in [0.29, 0.717) is 21.9 Å². The van der Waals surface area contributed by atoms with Crippen LogP contribution < -0.4 is 5.56 Å². The molecule has 8 heteroatoms. The Morgan fingerprint density at radius 2 is 2.20 bits per heavy atom. The van der Waals surface area contributed by atoms with E-state index in [1.807, 2.05) is 5.38 Å². The zero-order valence-corrected chi connectivity index (χ0v) is 15.4. The first kappa shape index (κ1) is 17.6. The molecule has 3 rings (SSSR count). The molecule has 0 aliphatic carbocycles. The summed E-state index contributed by atoms with van der Waals surface area (Å²) in [6, 6.07) is 7.97. The van der Waals surface area contributed by atoms with Crippen LogP contribution in [0, 0.1) is 5.82 Å². The maximum atomic E-state index is 13.2. The molecule has 0 saturated carbocycles. The van der Waals surface area contributed by atoms with Crippen molar-refractivity contribution in [1.29, 1.82) is 0 Å². The average molecular weight is 377 g/mol. The van der Waals surface area contributed by atoms with E-state index in [4.69, 9.17) is 0 Å². The number of hydrogen-bond acceptors (Lipinski definition) is 5. The van der Waals surface area contributed by atoms with Crippen LogP contribution in [-0.2, 0) is 18.4 Å². The van der Waals surface area contributed by atoms with Crippen LogP contribution in [0.1, 0.15) is 5.56 Å². The Bertz CT molecular complexity index is 983. The number of fused-ring (bicyclic) bond motifs is 1. The topological polar surface area (TPSA) is 55.2 Å². The molecule has 0 N–H and O–H groups in total. The molecule has 130 valence electrons. The second kappa shape index (κ2) is 7.37. The fourth-order valence-corrected chi connectivity index (χ4v) is 4.05. The van der Waals surface area contributed by atoms with Crippen LogP contribution in [0.5, 0.6) is 0 Å². The first-order valence-electron chi connectivity index (χ1n) is 7.51. The fraction of sp³-hybridized carbons (Fsp3) is 0.235. The molecule has 0 unspecified atom stereocenters. The third-order valence-corrected chi connectivity index (χ3v) is 5.61. The minimum atomic E-state index is -0.323. The van der Waals surface area contributed by atoms with E-state index in [1.54, 1.807) is 32.3 Å². The van der Waals surface area contributed by atoms with Gasteiger partial charge in [0.2, 0.25) is 5.91 Å². The van der Waals surface area contributed by atoms with Crippen LogP contribution in [-0.4, -0.2) is 33.2 Å². The molecule has 1 amide bonds. The number of amides is 1. The lowest BCUT2D eigenvalue weighted by molar-refractivity contribution is -0.127. The molecule has 2 heterocycles. The van der Waals surface area contributed by atoms with Crippen LogP contribution in [0.25, 0.3) is 10.2 Å². The Morgan fingerprint density at radius 1 is 1.40 bits per heavy atom. The van der Waals surface area contributed by atoms with Gasteiger partial charge in [-0.25, -0.2) is 9.37 Å². The summed E-state index contributed by atoms with van der Waals surface area (Å²) >= 11 is 2.58. The lowest BCUT2D eigenvalue weighted by Crippen LogP contribution is -2.28. The van der Waals surface area contributed by atoms with Crippen molar-refractivity contribution in [2.75, 3.05) is 12.8 Å². The van der Waals surface area contributed by atoms with Gasteiger partial charge in [-0.1, -0.05) is 23.9 Å². The molecule has 0 aliphatic rings. The normalized spacial score (nSPS) is 11.0. The van der Waals surface area contributed by atoms with Gasteiger partial charge in [0.25, 0.3) is 5.56 Å². The minimum absolute atomic E-state index is 0.108. The Morgan fingerprint density at radius 3 is 2.96 bits per heavy atom. The summed E-state index contributed by atoms with van der Waals surface area (Å²) in [7, 11) is 3.32. The molecule has 5 nitrogen and oxygen atoms in total. The van der Waals surface area contributed by atoms with Crippen molar-refractivity contribution >= 4 is 39.2 Å². The van der Waals surface area contributed by atoms with Crippen LogP contribution in [0.2, 0.25) is 0 Å². The molecule has 0 saturated heterocycles. The third-order valence-electron chi connectivity index (χ3n) is 3.71. The summed E-state index contributed by atoms with van der Waals surface area (Å²) in [5.41, 5.74) is 1.27. The maximum absolute atomic E-state index is 13.2. The SMILES string of the molecule is CN(Cc1cccc(F)c1)C(=O)CSc1nc2ccsc2c(=O)n1C. The minimum Gasteiger partial charge on any atom is -0.341 e. The van der Waals surface area contributed by atoms with Crippen molar-refractivity contribution in [1.82, 2.24) is 14.5 Å². The average Bonchev–Trinajstić information content (AvgIpc) is 3.05. The quantitative estimate of drug-likeness (QED) is 0.507. The largest absolute Gasteiger partial charge is 0.341 e. The molecule has 0 bridgehead atoms. The van der Waals surface area contributed by atoms with E-state index < -0.39 is 0 Å². The summed E-state index contributed by atoms with van der Waals surface area (Å²) in [5.74, 6) is -0.285. The Labute approximate surface area is 152 Å². The molecule has 0 fully saturated rings. The second-order valence-corrected chi connectivity index (χ2v) is 7.42. The van der Waals surface area contributed by atoms with Gasteiger partial charge < -0.3 is 4.90 Å². The number of benzene rings is 1. The molecular weight excluding hydrogens is 361 g/mol. The third kappa shape index (κ3) is 3.91. The van der Waals surface area contributed by atoms with Crippen molar-refractivity contribution in [2.24, 2.45) is 7.05 Å². The lowest BCUT2D eigenvalue weighted by Gasteiger charge is -2.17. The van der Waals surface area contributed by atoms with E-state index >= 15 is 0 Å². The Kier molecular flexibility index (Phi) is 5.19. The second-order valence-electron chi connectivity index (χ2n) is 5.56. The molecule has 3 aromatic rings. The number of thioether (sulfide) groups is 1. The van der Waals surface area contributed by atoms with Crippen LogP contribution >= 0.6 is 23.1 Å². The van der Waals surface area contributed by atoms with Gasteiger partial charge in [0.1, 0.15) is 10.5 Å². The highest BCUT2D eigenvalue weighted by molar-refractivity contribution is 7.99. The number of carbonyl (C=O) groups excluding carboxylic acids is 1. The number of carbonyl (C=O) groups is 1. The highest BCUT2D eigenvalue weighted by Crippen LogP contribution is 2.20. The standard InChI is InChI=1S/C17H16FN3O2S2/c1-20(9-11-4-3-5-12(18)8-11)14(22)10-25-17-19-13-6-7-24-15(13)16(23)21(17)2/h3-8H,9-10H2,1-2H3. The molecular formula is C17H16FN3O2S2. The van der Waals surface area contributed by atoms with Crippen molar-refractivity contribution in [3.63, 3.8) is 0 Å².